The molecule has 0 saturated carbocycles. The highest BCUT2D eigenvalue weighted by Gasteiger charge is 2.25. The van der Waals surface area contributed by atoms with Gasteiger partial charge in [0.05, 0.1) is 23.3 Å². The summed E-state index contributed by atoms with van der Waals surface area (Å²) in [6.45, 7) is 7.10. The summed E-state index contributed by atoms with van der Waals surface area (Å²) in [4.78, 5) is 29.5. The lowest BCUT2D eigenvalue weighted by atomic mass is 10.0. The van der Waals surface area contributed by atoms with E-state index in [4.69, 9.17) is 4.98 Å². The Morgan fingerprint density at radius 3 is 2.62 bits per heavy atom. The Morgan fingerprint density at radius 2 is 1.91 bits per heavy atom. The first-order chi connectivity index (χ1) is 16.5. The van der Waals surface area contributed by atoms with Crippen LogP contribution in [0.2, 0.25) is 0 Å². The van der Waals surface area contributed by atoms with Crippen molar-refractivity contribution >= 4 is 29.2 Å². The minimum atomic E-state index is 0.0603. The van der Waals surface area contributed by atoms with E-state index in [0.717, 1.165) is 58.9 Å². The highest BCUT2D eigenvalue weighted by molar-refractivity contribution is 5.94. The van der Waals surface area contributed by atoms with Crippen molar-refractivity contribution < 1.29 is 4.79 Å². The summed E-state index contributed by atoms with van der Waals surface area (Å²) in [5.41, 5.74) is 7.35. The Hall–Kier alpha value is -4.00. The molecular weight excluding hydrogens is 424 g/mol. The van der Waals surface area contributed by atoms with Gasteiger partial charge in [0, 0.05) is 56.4 Å². The molecule has 4 heterocycles. The number of aryl methyl sites for hydroxylation is 2. The molecule has 1 saturated heterocycles. The Labute approximate surface area is 199 Å². The molecule has 3 aromatic heterocycles. The summed E-state index contributed by atoms with van der Waals surface area (Å²) in [5, 5.41) is 0. The van der Waals surface area contributed by atoms with Crippen LogP contribution >= 0.6 is 0 Å². The quantitative estimate of drug-likeness (QED) is 0.419. The van der Waals surface area contributed by atoms with Crippen molar-refractivity contribution in [3.05, 3.63) is 77.6 Å². The summed E-state index contributed by atoms with van der Waals surface area (Å²) < 4.78 is 2.22. The van der Waals surface area contributed by atoms with E-state index in [1.807, 2.05) is 60.9 Å². The monoisotopic (exact) mass is 452 g/mol. The molecular formula is C27H28N6O. The van der Waals surface area contributed by atoms with Gasteiger partial charge in [-0.25, -0.2) is 9.78 Å². The molecule has 2 amide bonds. The summed E-state index contributed by atoms with van der Waals surface area (Å²) >= 11 is 0. The maximum atomic E-state index is 12.1. The number of aromatic nitrogens is 4. The zero-order valence-electron chi connectivity index (χ0n) is 19.8. The van der Waals surface area contributed by atoms with Crippen LogP contribution in [0.15, 0.2) is 55.0 Å². The van der Waals surface area contributed by atoms with Gasteiger partial charge in [-0.05, 0) is 55.3 Å². The van der Waals surface area contributed by atoms with Gasteiger partial charge < -0.3 is 14.4 Å². The second kappa shape index (κ2) is 9.09. The number of pyridine rings is 2. The highest BCUT2D eigenvalue weighted by atomic mass is 16.2. The van der Waals surface area contributed by atoms with Gasteiger partial charge in [0.15, 0.2) is 0 Å². The molecule has 0 aliphatic carbocycles. The molecule has 1 aliphatic heterocycles. The van der Waals surface area contributed by atoms with E-state index in [1.54, 1.807) is 4.90 Å². The van der Waals surface area contributed by atoms with E-state index in [2.05, 4.69) is 46.6 Å². The Balaban J connectivity index is 1.41. The van der Waals surface area contributed by atoms with Crippen LogP contribution in [0.5, 0.6) is 0 Å². The molecule has 172 valence electrons. The van der Waals surface area contributed by atoms with Gasteiger partial charge >= 0.3 is 6.03 Å². The van der Waals surface area contributed by atoms with Crippen LogP contribution in [0, 0.1) is 6.92 Å². The first kappa shape index (κ1) is 21.8. The Morgan fingerprint density at radius 1 is 1.03 bits per heavy atom. The number of urea groups is 1. The van der Waals surface area contributed by atoms with Crippen molar-refractivity contribution in [1.82, 2.24) is 29.3 Å². The average Bonchev–Trinajstić information content (AvgIpc) is 3.38. The summed E-state index contributed by atoms with van der Waals surface area (Å²) in [6, 6.07) is 12.4. The van der Waals surface area contributed by atoms with Crippen LogP contribution in [-0.2, 0) is 13.1 Å². The molecule has 5 rings (SSSR count). The first-order valence-electron chi connectivity index (χ1n) is 11.6. The number of rotatable bonds is 6. The molecule has 1 fully saturated rings. The highest BCUT2D eigenvalue weighted by Crippen LogP contribution is 2.31. The number of amides is 2. The third-order valence-corrected chi connectivity index (χ3v) is 6.38. The smallest absolute Gasteiger partial charge is 0.320 e. The molecule has 1 aromatic carbocycles. The van der Waals surface area contributed by atoms with Crippen molar-refractivity contribution in [1.29, 1.82) is 0 Å². The predicted octanol–water partition coefficient (Wildman–Crippen LogP) is 4.86. The Kier molecular flexibility index (Phi) is 5.84. The molecule has 0 unspecified atom stereocenters. The lowest BCUT2D eigenvalue weighted by molar-refractivity contribution is 0.196. The SMILES string of the molecule is CCn1c(/C=C/c2ccc(CN3CCN(C)C3=O)nc2)nc2c(-c3cnccc3C)cccc21. The molecule has 0 radical (unpaired) electrons. The van der Waals surface area contributed by atoms with Gasteiger partial charge in [-0.15, -0.1) is 0 Å². The zero-order chi connectivity index (χ0) is 23.7. The molecule has 1 aliphatic rings. The number of benzene rings is 1. The number of carbonyl (C=O) groups is 1. The second-order valence-corrected chi connectivity index (χ2v) is 8.62. The van der Waals surface area contributed by atoms with Crippen LogP contribution in [0.4, 0.5) is 4.79 Å². The van der Waals surface area contributed by atoms with E-state index in [0.29, 0.717) is 6.54 Å². The largest absolute Gasteiger partial charge is 0.326 e. The summed E-state index contributed by atoms with van der Waals surface area (Å²) in [6.07, 6.45) is 9.65. The number of para-hydroxylation sites is 1. The molecule has 0 N–H and O–H groups in total. The molecule has 7 nitrogen and oxygen atoms in total. The fourth-order valence-corrected chi connectivity index (χ4v) is 4.43. The van der Waals surface area contributed by atoms with Gasteiger partial charge in [0.25, 0.3) is 0 Å². The van der Waals surface area contributed by atoms with Crippen molar-refractivity contribution in [3.63, 3.8) is 0 Å². The van der Waals surface area contributed by atoms with Gasteiger partial charge in [-0.2, -0.15) is 0 Å². The number of nitrogens with zero attached hydrogens (tertiary/aromatic N) is 6. The number of likely N-dealkylation sites (N-methyl/N-ethyl adjacent to an activating group) is 1. The molecule has 0 bridgehead atoms. The van der Waals surface area contributed by atoms with Crippen LogP contribution in [0.3, 0.4) is 0 Å². The summed E-state index contributed by atoms with van der Waals surface area (Å²) in [5.74, 6) is 0.904. The first-order valence-corrected chi connectivity index (χ1v) is 11.6. The number of hydrogen-bond donors (Lipinski definition) is 0. The number of fused-ring (bicyclic) bond motifs is 1. The van der Waals surface area contributed by atoms with Gasteiger partial charge in [-0.1, -0.05) is 18.2 Å². The van der Waals surface area contributed by atoms with E-state index in [9.17, 15) is 4.79 Å². The third kappa shape index (κ3) is 4.05. The molecule has 4 aromatic rings. The Bertz CT molecular complexity index is 1370. The van der Waals surface area contributed by atoms with Crippen molar-refractivity contribution in [2.45, 2.75) is 26.9 Å². The fraction of sp³-hybridized carbons (Fsp3) is 0.259. The number of carbonyl (C=O) groups excluding carboxylic acids is 1. The normalized spacial score (nSPS) is 14.1. The standard InChI is InChI=1S/C27H28N6O/c1-4-33-24-7-5-6-22(23-17-28-13-12-19(23)2)26(24)30-25(33)11-9-20-8-10-21(29-16-20)18-32-15-14-31(3)27(32)34/h5-13,16-17H,4,14-15,18H2,1-3H3/b11-9+. The third-order valence-electron chi connectivity index (χ3n) is 6.38. The van der Waals surface area contributed by atoms with Crippen molar-refractivity contribution in [2.24, 2.45) is 0 Å². The van der Waals surface area contributed by atoms with E-state index >= 15 is 0 Å². The number of imidazole rings is 1. The second-order valence-electron chi connectivity index (χ2n) is 8.62. The minimum absolute atomic E-state index is 0.0603. The van der Waals surface area contributed by atoms with Crippen molar-refractivity contribution in [2.75, 3.05) is 20.1 Å². The van der Waals surface area contributed by atoms with Crippen LogP contribution in [0.25, 0.3) is 34.3 Å². The van der Waals surface area contributed by atoms with Crippen molar-refractivity contribution in [3.8, 4) is 11.1 Å². The molecule has 34 heavy (non-hydrogen) atoms. The van der Waals surface area contributed by atoms with E-state index < -0.39 is 0 Å². The topological polar surface area (TPSA) is 67.2 Å². The lowest BCUT2D eigenvalue weighted by Gasteiger charge is -2.15. The maximum absolute atomic E-state index is 12.1. The molecule has 0 atom stereocenters. The van der Waals surface area contributed by atoms with E-state index in [1.165, 1.54) is 5.56 Å². The van der Waals surface area contributed by atoms with Crippen LogP contribution in [-0.4, -0.2) is 55.5 Å². The minimum Gasteiger partial charge on any atom is -0.326 e. The molecule has 0 spiro atoms. The predicted molar refractivity (Wildman–Crippen MR) is 135 cm³/mol. The van der Waals surface area contributed by atoms with Gasteiger partial charge in [-0.3, -0.25) is 9.97 Å². The van der Waals surface area contributed by atoms with E-state index in [-0.39, 0.29) is 6.03 Å². The zero-order valence-corrected chi connectivity index (χ0v) is 19.8. The van der Waals surface area contributed by atoms with Crippen LogP contribution in [0.1, 0.15) is 29.6 Å². The average molecular weight is 453 g/mol. The van der Waals surface area contributed by atoms with Gasteiger partial charge in [0.1, 0.15) is 5.82 Å². The lowest BCUT2D eigenvalue weighted by Crippen LogP contribution is -2.29. The number of hydrogen-bond acceptors (Lipinski definition) is 4. The maximum Gasteiger partial charge on any atom is 0.320 e. The summed E-state index contributed by atoms with van der Waals surface area (Å²) in [7, 11) is 1.83. The molecule has 7 heteroatoms. The van der Waals surface area contributed by atoms with Crippen LogP contribution < -0.4 is 0 Å². The fourth-order valence-electron chi connectivity index (χ4n) is 4.43. The van der Waals surface area contributed by atoms with Gasteiger partial charge in [0.2, 0.25) is 0 Å².